The highest BCUT2D eigenvalue weighted by Gasteiger charge is 2.56. The topological polar surface area (TPSA) is 75.6 Å². The van der Waals surface area contributed by atoms with Gasteiger partial charge in [-0.1, -0.05) is 49.6 Å². The first-order valence-electron chi connectivity index (χ1n) is 13.7. The Morgan fingerprint density at radius 2 is 1.60 bits per heavy atom. The molecule has 2 aromatic rings. The molecule has 0 spiro atoms. The molecule has 0 aliphatic heterocycles. The summed E-state index contributed by atoms with van der Waals surface area (Å²) >= 11 is 0. The van der Waals surface area contributed by atoms with E-state index in [0.29, 0.717) is 41.6 Å². The van der Waals surface area contributed by atoms with Crippen molar-refractivity contribution >= 4 is 22.6 Å². The van der Waals surface area contributed by atoms with Gasteiger partial charge in [-0.15, -0.1) is 0 Å². The number of hydrogen-bond donors (Lipinski definition) is 2. The monoisotopic (exact) mass is 475 g/mol. The fourth-order valence-corrected chi connectivity index (χ4v) is 8.35. The van der Waals surface area contributed by atoms with Crippen molar-refractivity contribution in [2.24, 2.45) is 29.1 Å². The number of aliphatic carboxylic acids is 1. The maximum absolute atomic E-state index is 13.7. The fourth-order valence-electron chi connectivity index (χ4n) is 8.35. The van der Waals surface area contributed by atoms with E-state index in [1.54, 1.807) is 0 Å². The summed E-state index contributed by atoms with van der Waals surface area (Å²) in [4.78, 5) is 26.3. The molecule has 1 unspecified atom stereocenters. The van der Waals surface area contributed by atoms with Crippen LogP contribution in [0.5, 0.6) is 5.75 Å². The smallest absolute Gasteiger partial charge is 0.326 e. The molecule has 1 amide bonds. The van der Waals surface area contributed by atoms with Crippen LogP contribution in [-0.2, 0) is 4.79 Å². The second kappa shape index (κ2) is 9.15. The highest BCUT2D eigenvalue weighted by Crippen LogP contribution is 2.61. The number of benzene rings is 2. The summed E-state index contributed by atoms with van der Waals surface area (Å²) in [5.74, 6) is 1.75. The maximum atomic E-state index is 13.7. The highest BCUT2D eigenvalue weighted by molar-refractivity contribution is 6.05. The van der Waals surface area contributed by atoms with E-state index >= 15 is 0 Å². The van der Waals surface area contributed by atoms with Crippen LogP contribution in [0, 0.1) is 29.1 Å². The molecule has 35 heavy (non-hydrogen) atoms. The number of rotatable bonds is 7. The van der Waals surface area contributed by atoms with Crippen molar-refractivity contribution in [2.45, 2.75) is 76.7 Å². The Hall–Kier alpha value is -2.56. The van der Waals surface area contributed by atoms with E-state index in [9.17, 15) is 14.7 Å². The van der Waals surface area contributed by atoms with Crippen molar-refractivity contribution in [1.29, 1.82) is 0 Å². The van der Waals surface area contributed by atoms with Gasteiger partial charge >= 0.3 is 5.97 Å². The van der Waals surface area contributed by atoms with Gasteiger partial charge < -0.3 is 15.2 Å². The third-order valence-electron chi connectivity index (χ3n) is 9.53. The van der Waals surface area contributed by atoms with E-state index in [1.165, 1.54) is 51.4 Å². The van der Waals surface area contributed by atoms with Gasteiger partial charge in [0.15, 0.2) is 0 Å². The molecular weight excluding hydrogens is 438 g/mol. The van der Waals surface area contributed by atoms with E-state index < -0.39 is 12.0 Å². The molecule has 0 radical (unpaired) electrons. The number of hydrogen-bond acceptors (Lipinski definition) is 3. The van der Waals surface area contributed by atoms with Crippen molar-refractivity contribution in [2.75, 3.05) is 6.61 Å². The van der Waals surface area contributed by atoms with Gasteiger partial charge in [-0.2, -0.15) is 0 Å². The minimum atomic E-state index is -0.897. The van der Waals surface area contributed by atoms with E-state index in [1.807, 2.05) is 36.4 Å². The largest absolute Gasteiger partial charge is 0.492 e. The number of carboxylic acid groups (broad SMARTS) is 1. The van der Waals surface area contributed by atoms with Gasteiger partial charge in [0.25, 0.3) is 5.91 Å². The second-order valence-corrected chi connectivity index (χ2v) is 12.0. The molecule has 0 aromatic heterocycles. The molecule has 0 saturated heterocycles. The fraction of sp³-hybridized carbons (Fsp3) is 0.600. The number of nitrogens with one attached hydrogen (secondary N) is 1. The van der Waals surface area contributed by atoms with Crippen LogP contribution in [0.15, 0.2) is 36.4 Å². The third-order valence-corrected chi connectivity index (χ3v) is 9.53. The van der Waals surface area contributed by atoms with Gasteiger partial charge in [0.05, 0.1) is 12.2 Å². The van der Waals surface area contributed by atoms with Gasteiger partial charge in [0.2, 0.25) is 0 Å². The average molecular weight is 476 g/mol. The number of fused-ring (bicyclic) bond motifs is 1. The van der Waals surface area contributed by atoms with Crippen LogP contribution >= 0.6 is 0 Å². The third kappa shape index (κ3) is 4.32. The standard InChI is InChI=1S/C30H37NO4/c32-28(31-27(29(33)34)30-15-20-12-21(16-30)14-22(13-20)17-30)25-11-10-23-8-4-5-9-24(23)26(25)35-18-19-6-2-1-3-7-19/h4-5,8-11,19-22,27H,1-3,6-7,12-18H2,(H,31,32)(H,33,34). The Morgan fingerprint density at radius 3 is 2.26 bits per heavy atom. The lowest BCUT2D eigenvalue weighted by atomic mass is 9.47. The van der Waals surface area contributed by atoms with Crippen molar-refractivity contribution in [3.8, 4) is 5.75 Å². The van der Waals surface area contributed by atoms with Crippen molar-refractivity contribution < 1.29 is 19.4 Å². The summed E-state index contributed by atoms with van der Waals surface area (Å²) in [6.07, 6.45) is 12.6. The van der Waals surface area contributed by atoms with E-state index in [-0.39, 0.29) is 11.3 Å². The Kier molecular flexibility index (Phi) is 5.98. The molecule has 5 fully saturated rings. The van der Waals surface area contributed by atoms with Crippen molar-refractivity contribution in [1.82, 2.24) is 5.32 Å². The molecule has 5 saturated carbocycles. The number of amides is 1. The Morgan fingerprint density at radius 1 is 0.943 bits per heavy atom. The number of carbonyl (C=O) groups excluding carboxylic acids is 1. The molecule has 5 nitrogen and oxygen atoms in total. The molecule has 186 valence electrons. The lowest BCUT2D eigenvalue weighted by Gasteiger charge is -2.58. The quantitative estimate of drug-likeness (QED) is 0.500. The van der Waals surface area contributed by atoms with E-state index in [4.69, 9.17) is 4.74 Å². The van der Waals surface area contributed by atoms with Crippen LogP contribution in [0.4, 0.5) is 0 Å². The predicted molar refractivity (Wildman–Crippen MR) is 136 cm³/mol. The van der Waals surface area contributed by atoms with Crippen molar-refractivity contribution in [3.05, 3.63) is 42.0 Å². The Labute approximate surface area is 207 Å². The van der Waals surface area contributed by atoms with Gasteiger partial charge in [-0.3, -0.25) is 4.79 Å². The van der Waals surface area contributed by atoms with Gasteiger partial charge in [0.1, 0.15) is 11.8 Å². The molecule has 5 aliphatic carbocycles. The van der Waals surface area contributed by atoms with Gasteiger partial charge in [-0.05, 0) is 86.5 Å². The Balaban J connectivity index is 1.29. The molecule has 0 heterocycles. The SMILES string of the molecule is O=C(NC(C(=O)O)C12CC3CC(CC(C3)C1)C2)c1ccc2ccccc2c1OCC1CCCCC1. The zero-order valence-electron chi connectivity index (χ0n) is 20.5. The summed E-state index contributed by atoms with van der Waals surface area (Å²) in [5, 5.41) is 15.3. The molecule has 2 aromatic carbocycles. The molecule has 5 heteroatoms. The van der Waals surface area contributed by atoms with Crippen molar-refractivity contribution in [3.63, 3.8) is 0 Å². The molecule has 7 rings (SSSR count). The minimum Gasteiger partial charge on any atom is -0.492 e. The first-order valence-corrected chi connectivity index (χ1v) is 13.7. The number of carboxylic acids is 1. The summed E-state index contributed by atoms with van der Waals surface area (Å²) in [7, 11) is 0. The second-order valence-electron chi connectivity index (χ2n) is 12.0. The summed E-state index contributed by atoms with van der Waals surface area (Å²) in [5.41, 5.74) is 0.145. The number of carbonyl (C=O) groups is 2. The Bertz CT molecular complexity index is 1080. The van der Waals surface area contributed by atoms with Crippen LogP contribution in [0.1, 0.15) is 81.0 Å². The van der Waals surface area contributed by atoms with Gasteiger partial charge in [0, 0.05) is 10.8 Å². The minimum absolute atomic E-state index is 0.309. The molecule has 5 aliphatic rings. The van der Waals surface area contributed by atoms with Gasteiger partial charge in [-0.25, -0.2) is 4.79 Å². The lowest BCUT2D eigenvalue weighted by molar-refractivity contribution is -0.150. The van der Waals surface area contributed by atoms with E-state index in [2.05, 4.69) is 5.32 Å². The molecule has 1 atom stereocenters. The van der Waals surface area contributed by atoms with Crippen LogP contribution in [-0.4, -0.2) is 29.6 Å². The molecule has 4 bridgehead atoms. The van der Waals surface area contributed by atoms with Crippen LogP contribution in [0.2, 0.25) is 0 Å². The summed E-state index contributed by atoms with van der Waals surface area (Å²) in [6.45, 7) is 0.603. The first kappa shape index (κ1) is 22.9. The van der Waals surface area contributed by atoms with Crippen LogP contribution in [0.25, 0.3) is 10.8 Å². The summed E-state index contributed by atoms with van der Waals surface area (Å²) in [6, 6.07) is 10.9. The molecule has 2 N–H and O–H groups in total. The zero-order valence-corrected chi connectivity index (χ0v) is 20.5. The van der Waals surface area contributed by atoms with E-state index in [0.717, 1.165) is 30.0 Å². The lowest BCUT2D eigenvalue weighted by Crippen LogP contribution is -2.59. The van der Waals surface area contributed by atoms with Crippen LogP contribution < -0.4 is 10.1 Å². The maximum Gasteiger partial charge on any atom is 0.326 e. The number of ether oxygens (including phenoxy) is 1. The molecular formula is C30H37NO4. The normalized spacial score (nSPS) is 30.8. The highest BCUT2D eigenvalue weighted by atomic mass is 16.5. The first-order chi connectivity index (χ1) is 17.0. The predicted octanol–water partition coefficient (Wildman–Crippen LogP) is 6.20. The summed E-state index contributed by atoms with van der Waals surface area (Å²) < 4.78 is 6.39. The zero-order chi connectivity index (χ0) is 24.0. The van der Waals surface area contributed by atoms with Crippen LogP contribution in [0.3, 0.4) is 0 Å². The average Bonchev–Trinajstić information content (AvgIpc) is 2.85.